The summed E-state index contributed by atoms with van der Waals surface area (Å²) in [4.78, 5) is 14.3. The quantitative estimate of drug-likeness (QED) is 0.648. The fourth-order valence-corrected chi connectivity index (χ4v) is 4.74. The summed E-state index contributed by atoms with van der Waals surface area (Å²) in [5.41, 5.74) is 2.73. The Morgan fingerprint density at radius 2 is 2.14 bits per heavy atom. The average molecular weight is 388 g/mol. The van der Waals surface area contributed by atoms with E-state index in [0.717, 1.165) is 67.9 Å². The van der Waals surface area contributed by atoms with Crippen molar-refractivity contribution in [2.75, 3.05) is 32.7 Å². The number of fused-ring (bicyclic) bond motifs is 1. The molecular weight excluding hydrogens is 364 g/mol. The van der Waals surface area contributed by atoms with Crippen LogP contribution in [0.3, 0.4) is 0 Å². The van der Waals surface area contributed by atoms with Crippen molar-refractivity contribution in [3.63, 3.8) is 0 Å². The molecule has 0 spiro atoms. The summed E-state index contributed by atoms with van der Waals surface area (Å²) in [6, 6.07) is 4.27. The maximum absolute atomic E-state index is 9.61. The normalized spacial score (nSPS) is 24.9. The van der Waals surface area contributed by atoms with E-state index in [-0.39, 0.29) is 0 Å². The number of aromatic nitrogens is 5. The molecule has 0 amide bonds. The molecule has 2 fully saturated rings. The van der Waals surface area contributed by atoms with E-state index in [1.54, 1.807) is 6.33 Å². The van der Waals surface area contributed by atoms with Crippen molar-refractivity contribution in [2.24, 2.45) is 5.92 Å². The number of nitrogens with one attached hydrogen (secondary N) is 2. The van der Waals surface area contributed by atoms with Gasteiger partial charge in [0.25, 0.3) is 0 Å². The van der Waals surface area contributed by atoms with E-state index >= 15 is 0 Å². The summed E-state index contributed by atoms with van der Waals surface area (Å²) in [5.74, 6) is 0.557. The Kier molecular flexibility index (Phi) is 4.42. The van der Waals surface area contributed by atoms with E-state index in [9.17, 15) is 5.26 Å². The molecular formula is C21H24N8. The van der Waals surface area contributed by atoms with Gasteiger partial charge in [0.15, 0.2) is 0 Å². The molecule has 0 unspecified atom stereocenters. The van der Waals surface area contributed by atoms with E-state index in [0.29, 0.717) is 11.5 Å². The van der Waals surface area contributed by atoms with E-state index in [4.69, 9.17) is 0 Å². The van der Waals surface area contributed by atoms with E-state index in [1.165, 1.54) is 0 Å². The summed E-state index contributed by atoms with van der Waals surface area (Å²) in [6.07, 6.45) is 9.03. The number of hydrogen-bond acceptors (Lipinski definition) is 6. The fraction of sp³-hybridized carbons (Fsp3) is 0.429. The molecule has 8 heteroatoms. The van der Waals surface area contributed by atoms with Gasteiger partial charge >= 0.3 is 0 Å². The van der Waals surface area contributed by atoms with Crippen LogP contribution in [0.4, 0.5) is 0 Å². The molecule has 0 radical (unpaired) electrons. The van der Waals surface area contributed by atoms with Crippen LogP contribution in [0.15, 0.2) is 43.1 Å². The largest absolute Gasteiger partial charge is 0.346 e. The number of rotatable bonds is 5. The highest BCUT2D eigenvalue weighted by Gasteiger charge is 2.49. The van der Waals surface area contributed by atoms with Gasteiger partial charge in [0.05, 0.1) is 29.1 Å². The third-order valence-electron chi connectivity index (χ3n) is 6.32. The molecule has 1 aliphatic carbocycles. The molecule has 2 N–H and O–H groups in total. The van der Waals surface area contributed by atoms with E-state index < -0.39 is 5.54 Å². The van der Waals surface area contributed by atoms with Crippen LogP contribution in [0.1, 0.15) is 12.8 Å². The predicted molar refractivity (Wildman–Crippen MR) is 110 cm³/mol. The highest BCUT2D eigenvalue weighted by atomic mass is 15.3. The predicted octanol–water partition coefficient (Wildman–Crippen LogP) is 1.91. The standard InChI is InChI=1S/C21H24N8/c1-15(10-22)21(8-16(9-21)12-28-6-4-23-5-7-28)29-13-17(11-27-29)19-18-2-3-24-20(18)26-14-25-19/h2-3,11,13-14,16,23H,1,4-9,12H2,(H,24,25,26). The van der Waals surface area contributed by atoms with Gasteiger partial charge in [-0.05, 0) is 24.8 Å². The highest BCUT2D eigenvalue weighted by molar-refractivity contribution is 5.90. The molecule has 8 nitrogen and oxygen atoms in total. The zero-order valence-corrected chi connectivity index (χ0v) is 16.3. The zero-order chi connectivity index (χ0) is 19.8. The molecule has 1 saturated carbocycles. The van der Waals surface area contributed by atoms with Gasteiger partial charge in [-0.1, -0.05) is 6.58 Å². The molecule has 4 heterocycles. The SMILES string of the molecule is C=C(C#N)C1(n2cc(-c3ncnc4[nH]ccc34)cn2)CC(CN2CCNCC2)C1. The second kappa shape index (κ2) is 7.10. The number of nitrogens with zero attached hydrogens (tertiary/aromatic N) is 6. The molecule has 5 rings (SSSR count). The lowest BCUT2D eigenvalue weighted by Gasteiger charge is -2.49. The van der Waals surface area contributed by atoms with Crippen molar-refractivity contribution in [1.29, 1.82) is 5.26 Å². The average Bonchev–Trinajstić information content (AvgIpc) is 3.40. The minimum atomic E-state index is -0.421. The number of piperazine rings is 1. The van der Waals surface area contributed by atoms with Gasteiger partial charge in [0.1, 0.15) is 12.0 Å². The van der Waals surface area contributed by atoms with Crippen LogP contribution in [0.5, 0.6) is 0 Å². The Labute approximate surface area is 169 Å². The first-order valence-corrected chi connectivity index (χ1v) is 10.1. The molecule has 0 atom stereocenters. The minimum absolute atomic E-state index is 0.421. The summed E-state index contributed by atoms with van der Waals surface area (Å²) >= 11 is 0. The van der Waals surface area contributed by atoms with Crippen LogP contribution in [0.2, 0.25) is 0 Å². The Morgan fingerprint density at radius 3 is 2.93 bits per heavy atom. The summed E-state index contributed by atoms with van der Waals surface area (Å²) in [5, 5.41) is 18.6. The molecule has 1 saturated heterocycles. The van der Waals surface area contributed by atoms with Crippen molar-refractivity contribution < 1.29 is 0 Å². The van der Waals surface area contributed by atoms with Crippen molar-refractivity contribution in [3.8, 4) is 17.3 Å². The molecule has 2 aliphatic rings. The number of allylic oxidation sites excluding steroid dienone is 1. The number of nitriles is 1. The fourth-order valence-electron chi connectivity index (χ4n) is 4.74. The molecule has 29 heavy (non-hydrogen) atoms. The van der Waals surface area contributed by atoms with Crippen LogP contribution in [-0.4, -0.2) is 62.4 Å². The van der Waals surface area contributed by atoms with Gasteiger partial charge in [0.2, 0.25) is 0 Å². The summed E-state index contributed by atoms with van der Waals surface area (Å²) < 4.78 is 1.93. The first-order chi connectivity index (χ1) is 14.2. The summed E-state index contributed by atoms with van der Waals surface area (Å²) in [6.45, 7) is 9.44. The lowest BCUT2D eigenvalue weighted by atomic mass is 9.64. The Balaban J connectivity index is 1.40. The van der Waals surface area contributed by atoms with Gasteiger partial charge in [0, 0.05) is 56.1 Å². The number of hydrogen-bond donors (Lipinski definition) is 2. The van der Waals surface area contributed by atoms with Crippen molar-refractivity contribution in [3.05, 3.63) is 43.1 Å². The molecule has 148 valence electrons. The van der Waals surface area contributed by atoms with Crippen LogP contribution < -0.4 is 5.32 Å². The first kappa shape index (κ1) is 18.0. The Bertz CT molecular complexity index is 1080. The molecule has 1 aliphatic heterocycles. The Hall–Kier alpha value is -3.02. The lowest BCUT2D eigenvalue weighted by Crippen LogP contribution is -2.53. The summed E-state index contributed by atoms with van der Waals surface area (Å²) in [7, 11) is 0. The van der Waals surface area contributed by atoms with Gasteiger partial charge in [-0.2, -0.15) is 10.4 Å². The molecule has 0 aromatic carbocycles. The third kappa shape index (κ3) is 3.03. The van der Waals surface area contributed by atoms with Gasteiger partial charge in [-0.25, -0.2) is 9.97 Å². The maximum Gasteiger partial charge on any atom is 0.141 e. The first-order valence-electron chi connectivity index (χ1n) is 10.1. The number of aromatic amines is 1. The monoisotopic (exact) mass is 388 g/mol. The third-order valence-corrected chi connectivity index (χ3v) is 6.32. The van der Waals surface area contributed by atoms with E-state index in [1.807, 2.05) is 29.3 Å². The molecule has 3 aromatic rings. The van der Waals surface area contributed by atoms with Crippen LogP contribution in [0.25, 0.3) is 22.3 Å². The smallest absolute Gasteiger partial charge is 0.141 e. The van der Waals surface area contributed by atoms with Crippen molar-refractivity contribution in [1.82, 2.24) is 34.9 Å². The lowest BCUT2D eigenvalue weighted by molar-refractivity contribution is 0.0580. The highest BCUT2D eigenvalue weighted by Crippen LogP contribution is 2.48. The van der Waals surface area contributed by atoms with Gasteiger partial charge in [-0.15, -0.1) is 0 Å². The molecule has 0 bridgehead atoms. The Morgan fingerprint density at radius 1 is 1.31 bits per heavy atom. The topological polar surface area (TPSA) is 98.4 Å². The van der Waals surface area contributed by atoms with Crippen LogP contribution >= 0.6 is 0 Å². The second-order valence-corrected chi connectivity index (χ2v) is 8.08. The van der Waals surface area contributed by atoms with Crippen LogP contribution in [0, 0.1) is 17.2 Å². The van der Waals surface area contributed by atoms with Crippen molar-refractivity contribution in [2.45, 2.75) is 18.4 Å². The van der Waals surface area contributed by atoms with Crippen molar-refractivity contribution >= 4 is 11.0 Å². The molecule has 3 aromatic heterocycles. The maximum atomic E-state index is 9.61. The van der Waals surface area contributed by atoms with Gasteiger partial charge < -0.3 is 15.2 Å². The van der Waals surface area contributed by atoms with Crippen LogP contribution in [-0.2, 0) is 5.54 Å². The number of H-pyrrole nitrogens is 1. The zero-order valence-electron chi connectivity index (χ0n) is 16.3. The van der Waals surface area contributed by atoms with E-state index in [2.05, 4.69) is 42.9 Å². The second-order valence-electron chi connectivity index (χ2n) is 8.08. The van der Waals surface area contributed by atoms with Gasteiger partial charge in [-0.3, -0.25) is 4.68 Å². The minimum Gasteiger partial charge on any atom is -0.346 e.